The van der Waals surface area contributed by atoms with Crippen LogP contribution in [0, 0.1) is 11.3 Å². The Morgan fingerprint density at radius 1 is 1.15 bits per heavy atom. The normalized spacial score (nSPS) is 14.2. The Balaban J connectivity index is 1.40. The van der Waals surface area contributed by atoms with E-state index in [0.717, 1.165) is 53.8 Å². The molecule has 4 aromatic rings. The molecule has 0 spiro atoms. The standard InChI is InChI=1S/C22H21BN8OS2/c1-30-6-8-31(9-7-30)20-11-19(26-21-25-13-16(12-24)34-21)27-22(28-20)33-15-4-2-14(3-5-15)17-10-18(23)29-32-17/h2-5,10-11,13H,6-9,23H2,1H3,(H,25,26,27,28). The van der Waals surface area contributed by atoms with Crippen molar-refractivity contribution in [1.82, 2.24) is 25.0 Å². The van der Waals surface area contributed by atoms with E-state index in [1.165, 1.54) is 23.1 Å². The molecule has 9 nitrogen and oxygen atoms in total. The van der Waals surface area contributed by atoms with Gasteiger partial charge < -0.3 is 19.6 Å². The summed E-state index contributed by atoms with van der Waals surface area (Å²) in [6, 6.07) is 14.0. The lowest BCUT2D eigenvalue weighted by atomic mass is 10.0. The van der Waals surface area contributed by atoms with Crippen molar-refractivity contribution < 1.29 is 4.52 Å². The molecular formula is C22H21BN8OS2. The topological polar surface area (TPSA) is 107 Å². The van der Waals surface area contributed by atoms with E-state index in [-0.39, 0.29) is 0 Å². The molecule has 4 heterocycles. The molecule has 34 heavy (non-hydrogen) atoms. The Bertz CT molecular complexity index is 1330. The summed E-state index contributed by atoms with van der Waals surface area (Å²) in [6.45, 7) is 3.77. The van der Waals surface area contributed by atoms with Crippen LogP contribution >= 0.6 is 23.1 Å². The second-order valence-electron chi connectivity index (χ2n) is 7.91. The molecule has 0 amide bonds. The maximum atomic E-state index is 9.10. The number of likely N-dealkylation sites (N-methyl/N-ethyl adjacent to an activating group) is 1. The van der Waals surface area contributed by atoms with E-state index in [4.69, 9.17) is 19.8 Å². The zero-order chi connectivity index (χ0) is 23.5. The minimum atomic E-state index is 0.549. The monoisotopic (exact) mass is 488 g/mol. The first-order valence-corrected chi connectivity index (χ1v) is 12.4. The lowest BCUT2D eigenvalue weighted by Gasteiger charge is -2.33. The van der Waals surface area contributed by atoms with E-state index < -0.39 is 0 Å². The van der Waals surface area contributed by atoms with Crippen molar-refractivity contribution in [1.29, 1.82) is 5.26 Å². The lowest BCUT2D eigenvalue weighted by Crippen LogP contribution is -2.44. The Kier molecular flexibility index (Phi) is 6.49. The fraction of sp³-hybridized carbons (Fsp3) is 0.227. The summed E-state index contributed by atoms with van der Waals surface area (Å²) >= 11 is 2.79. The van der Waals surface area contributed by atoms with Gasteiger partial charge in [-0.1, -0.05) is 28.6 Å². The Morgan fingerprint density at radius 2 is 1.94 bits per heavy atom. The molecule has 1 N–H and O–H groups in total. The summed E-state index contributed by atoms with van der Waals surface area (Å²) in [6.07, 6.45) is 1.56. The van der Waals surface area contributed by atoms with E-state index in [2.05, 4.69) is 38.4 Å². The summed E-state index contributed by atoms with van der Waals surface area (Å²) in [5, 5.41) is 17.6. The molecule has 0 atom stereocenters. The molecule has 5 rings (SSSR count). The number of anilines is 3. The van der Waals surface area contributed by atoms with Crippen LogP contribution in [0.4, 0.5) is 16.8 Å². The number of hydrogen-bond donors (Lipinski definition) is 1. The van der Waals surface area contributed by atoms with Crippen LogP contribution in [0.25, 0.3) is 11.3 Å². The summed E-state index contributed by atoms with van der Waals surface area (Å²) in [5.74, 6) is 2.27. The second kappa shape index (κ2) is 9.84. The highest BCUT2D eigenvalue weighted by Gasteiger charge is 2.18. The Morgan fingerprint density at radius 3 is 2.62 bits per heavy atom. The number of rotatable bonds is 6. The van der Waals surface area contributed by atoms with Crippen molar-refractivity contribution in [2.24, 2.45) is 0 Å². The summed E-state index contributed by atoms with van der Waals surface area (Å²) < 4.78 is 5.36. The number of nitrogens with zero attached hydrogens (tertiary/aromatic N) is 7. The van der Waals surface area contributed by atoms with Gasteiger partial charge in [0.25, 0.3) is 0 Å². The van der Waals surface area contributed by atoms with Crippen molar-refractivity contribution in [3.05, 3.63) is 47.5 Å². The SMILES string of the molecule is Bc1cc(-c2ccc(Sc3nc(Nc4ncc(C#N)s4)cc(N4CCN(C)CC4)n3)cc2)on1. The predicted octanol–water partition coefficient (Wildman–Crippen LogP) is 2.36. The van der Waals surface area contributed by atoms with Crippen molar-refractivity contribution >= 4 is 53.3 Å². The highest BCUT2D eigenvalue weighted by atomic mass is 32.2. The van der Waals surface area contributed by atoms with Crippen LogP contribution in [-0.4, -0.2) is 66.1 Å². The van der Waals surface area contributed by atoms with E-state index >= 15 is 0 Å². The zero-order valence-corrected chi connectivity index (χ0v) is 20.4. The smallest absolute Gasteiger partial charge is 0.196 e. The van der Waals surface area contributed by atoms with Crippen molar-refractivity contribution in [3.8, 4) is 17.4 Å². The van der Waals surface area contributed by atoms with Gasteiger partial charge in [0.2, 0.25) is 0 Å². The number of nitriles is 1. The van der Waals surface area contributed by atoms with Gasteiger partial charge in [0.1, 0.15) is 22.6 Å². The molecule has 0 bridgehead atoms. The average Bonchev–Trinajstić information content (AvgIpc) is 3.48. The van der Waals surface area contributed by atoms with Gasteiger partial charge in [-0.15, -0.1) is 0 Å². The maximum Gasteiger partial charge on any atom is 0.196 e. The molecule has 0 radical (unpaired) electrons. The van der Waals surface area contributed by atoms with Crippen LogP contribution in [0.1, 0.15) is 4.88 Å². The van der Waals surface area contributed by atoms with Gasteiger partial charge >= 0.3 is 0 Å². The average molecular weight is 488 g/mol. The van der Waals surface area contributed by atoms with Crippen LogP contribution in [0.2, 0.25) is 0 Å². The maximum absolute atomic E-state index is 9.10. The zero-order valence-electron chi connectivity index (χ0n) is 18.7. The molecule has 3 aromatic heterocycles. The van der Waals surface area contributed by atoms with Gasteiger partial charge in [-0.2, -0.15) is 5.26 Å². The molecule has 170 valence electrons. The number of aromatic nitrogens is 4. The number of benzene rings is 1. The van der Waals surface area contributed by atoms with Crippen LogP contribution in [0.15, 0.2) is 57.2 Å². The van der Waals surface area contributed by atoms with E-state index in [1.54, 1.807) is 6.20 Å². The quantitative estimate of drug-likeness (QED) is 0.321. The fourth-order valence-electron chi connectivity index (χ4n) is 3.51. The van der Waals surface area contributed by atoms with Gasteiger partial charge in [-0.05, 0) is 37.0 Å². The summed E-state index contributed by atoms with van der Waals surface area (Å²) in [5.41, 5.74) is 1.82. The molecule has 0 unspecified atom stereocenters. The van der Waals surface area contributed by atoms with Gasteiger partial charge in [0.15, 0.2) is 23.9 Å². The molecule has 1 saturated heterocycles. The Hall–Kier alpha value is -3.40. The van der Waals surface area contributed by atoms with Crippen molar-refractivity contribution in [3.63, 3.8) is 0 Å². The molecule has 1 fully saturated rings. The van der Waals surface area contributed by atoms with Crippen LogP contribution in [-0.2, 0) is 0 Å². The molecule has 12 heteroatoms. The first-order valence-electron chi connectivity index (χ1n) is 10.7. The minimum absolute atomic E-state index is 0.549. The molecule has 1 aliphatic rings. The third-order valence-electron chi connectivity index (χ3n) is 5.35. The summed E-state index contributed by atoms with van der Waals surface area (Å²) in [4.78, 5) is 20.0. The third-order valence-corrected chi connectivity index (χ3v) is 7.04. The van der Waals surface area contributed by atoms with E-state index in [9.17, 15) is 0 Å². The van der Waals surface area contributed by atoms with E-state index in [1.807, 2.05) is 44.2 Å². The predicted molar refractivity (Wildman–Crippen MR) is 136 cm³/mol. The van der Waals surface area contributed by atoms with Gasteiger partial charge in [-0.25, -0.2) is 15.0 Å². The van der Waals surface area contributed by atoms with Gasteiger partial charge in [0.05, 0.1) is 6.20 Å². The number of nitrogens with one attached hydrogen (secondary N) is 1. The van der Waals surface area contributed by atoms with Crippen LogP contribution in [0.5, 0.6) is 0 Å². The Labute approximate surface area is 206 Å². The van der Waals surface area contributed by atoms with E-state index in [0.29, 0.717) is 21.0 Å². The largest absolute Gasteiger partial charge is 0.357 e. The number of piperazine rings is 1. The van der Waals surface area contributed by atoms with Crippen molar-refractivity contribution in [2.75, 3.05) is 43.4 Å². The van der Waals surface area contributed by atoms with Crippen molar-refractivity contribution in [2.45, 2.75) is 10.1 Å². The van der Waals surface area contributed by atoms with Crippen LogP contribution < -0.4 is 15.8 Å². The molecular weight excluding hydrogens is 467 g/mol. The lowest BCUT2D eigenvalue weighted by molar-refractivity contribution is 0.312. The molecule has 0 aliphatic carbocycles. The van der Waals surface area contributed by atoms with Gasteiger partial charge in [-0.3, -0.25) is 0 Å². The molecule has 0 saturated carbocycles. The molecule has 1 aliphatic heterocycles. The summed E-state index contributed by atoms with van der Waals surface area (Å²) in [7, 11) is 4.03. The fourth-order valence-corrected chi connectivity index (χ4v) is 4.89. The molecule has 1 aromatic carbocycles. The van der Waals surface area contributed by atoms with Crippen LogP contribution in [0.3, 0.4) is 0 Å². The highest BCUT2D eigenvalue weighted by Crippen LogP contribution is 2.31. The first kappa shape index (κ1) is 22.4. The second-order valence-corrected chi connectivity index (χ2v) is 9.98. The number of hydrogen-bond acceptors (Lipinski definition) is 11. The minimum Gasteiger partial charge on any atom is -0.357 e. The third kappa shape index (κ3) is 5.22. The van der Waals surface area contributed by atoms with Gasteiger partial charge in [0, 0.05) is 48.3 Å². The highest BCUT2D eigenvalue weighted by molar-refractivity contribution is 7.99. The number of thiazole rings is 1. The first-order chi connectivity index (χ1) is 16.6.